The maximum Gasteiger partial charge on any atom is 0.225 e. The van der Waals surface area contributed by atoms with E-state index in [0.717, 1.165) is 31.0 Å². The number of fused-ring (bicyclic) bond motifs is 3. The summed E-state index contributed by atoms with van der Waals surface area (Å²) in [6, 6.07) is 0. The molecule has 2 aliphatic rings. The molecule has 1 fully saturated rings. The molecule has 0 saturated carbocycles. The van der Waals surface area contributed by atoms with Gasteiger partial charge in [0.25, 0.3) is 0 Å². The molecule has 0 aromatic carbocycles. The van der Waals surface area contributed by atoms with E-state index >= 15 is 0 Å². The van der Waals surface area contributed by atoms with E-state index in [1.165, 1.54) is 11.3 Å². The number of anilines is 2. The van der Waals surface area contributed by atoms with Gasteiger partial charge in [-0.15, -0.1) is 0 Å². The molecule has 0 unspecified atom stereocenters. The van der Waals surface area contributed by atoms with Gasteiger partial charge < -0.3 is 15.0 Å². The van der Waals surface area contributed by atoms with Crippen LogP contribution in [0.3, 0.4) is 0 Å². The van der Waals surface area contributed by atoms with Gasteiger partial charge in [0.05, 0.1) is 12.3 Å². The second-order valence-electron chi connectivity index (χ2n) is 6.56. The van der Waals surface area contributed by atoms with E-state index in [0.29, 0.717) is 30.9 Å². The predicted octanol–water partition coefficient (Wildman–Crippen LogP) is 1.41. The fourth-order valence-corrected chi connectivity index (χ4v) is 3.63. The van der Waals surface area contributed by atoms with Crippen LogP contribution in [-0.4, -0.2) is 53.3 Å². The van der Waals surface area contributed by atoms with Crippen molar-refractivity contribution in [3.8, 4) is 0 Å². The lowest BCUT2D eigenvalue weighted by Crippen LogP contribution is -2.23. The third-order valence-corrected chi connectivity index (χ3v) is 4.81. The Balaban J connectivity index is 1.50. The van der Waals surface area contributed by atoms with Crippen LogP contribution in [0, 0.1) is 12.8 Å². The number of ether oxygens (including phenoxy) is 1. The first kappa shape index (κ1) is 15.3. The summed E-state index contributed by atoms with van der Waals surface area (Å²) in [4.78, 5) is 20.4. The van der Waals surface area contributed by atoms with Crippen LogP contribution in [0.25, 0.3) is 0 Å². The van der Waals surface area contributed by atoms with E-state index in [1.54, 1.807) is 7.11 Å². The van der Waals surface area contributed by atoms with Crippen molar-refractivity contribution in [2.24, 2.45) is 5.92 Å². The first-order chi connectivity index (χ1) is 11.7. The molecule has 126 valence electrons. The fraction of sp³-hybridized carbons (Fsp3) is 0.529. The smallest absolute Gasteiger partial charge is 0.225 e. The zero-order valence-electron chi connectivity index (χ0n) is 14.1. The maximum atomic E-state index is 5.06. The highest BCUT2D eigenvalue weighted by atomic mass is 16.5. The van der Waals surface area contributed by atoms with Gasteiger partial charge in [0.15, 0.2) is 0 Å². The second kappa shape index (κ2) is 6.32. The van der Waals surface area contributed by atoms with Gasteiger partial charge in [-0.05, 0) is 30.4 Å². The Labute approximate surface area is 141 Å². The summed E-state index contributed by atoms with van der Waals surface area (Å²) < 4.78 is 5.06. The van der Waals surface area contributed by atoms with Crippen LogP contribution >= 0.6 is 0 Å². The molecule has 0 amide bonds. The summed E-state index contributed by atoms with van der Waals surface area (Å²) in [6.07, 6.45) is 6.78. The Hall–Kier alpha value is -2.28. The lowest BCUT2D eigenvalue weighted by atomic mass is 9.99. The fourth-order valence-electron chi connectivity index (χ4n) is 3.63. The number of nitrogens with zero attached hydrogens (tertiary/aromatic N) is 5. The highest BCUT2D eigenvalue weighted by Crippen LogP contribution is 2.42. The highest BCUT2D eigenvalue weighted by Gasteiger charge is 2.42. The van der Waals surface area contributed by atoms with Crippen LogP contribution in [0.5, 0.6) is 0 Å². The Kier molecular flexibility index (Phi) is 4.02. The van der Waals surface area contributed by atoms with Crippen LogP contribution in [0.1, 0.15) is 22.7 Å². The molecule has 2 aromatic rings. The van der Waals surface area contributed by atoms with Crippen molar-refractivity contribution >= 4 is 11.9 Å². The van der Waals surface area contributed by atoms with Gasteiger partial charge in [-0.2, -0.15) is 0 Å². The summed E-state index contributed by atoms with van der Waals surface area (Å²) in [5, 5.41) is 3.22. The van der Waals surface area contributed by atoms with Crippen LogP contribution in [0.4, 0.5) is 11.9 Å². The van der Waals surface area contributed by atoms with Crippen molar-refractivity contribution in [3.05, 3.63) is 35.4 Å². The number of methoxy groups -OCH3 is 1. The average Bonchev–Trinajstić information content (AvgIpc) is 3.14. The molecule has 24 heavy (non-hydrogen) atoms. The molecule has 1 aliphatic heterocycles. The lowest BCUT2D eigenvalue weighted by Gasteiger charge is -2.17. The van der Waals surface area contributed by atoms with Gasteiger partial charge in [-0.25, -0.2) is 19.9 Å². The molecule has 1 saturated heterocycles. The lowest BCUT2D eigenvalue weighted by molar-refractivity contribution is 0.210. The first-order valence-corrected chi connectivity index (χ1v) is 8.37. The summed E-state index contributed by atoms with van der Waals surface area (Å²) in [7, 11) is 1.69. The number of rotatable bonds is 5. The van der Waals surface area contributed by atoms with Gasteiger partial charge in [0, 0.05) is 51.3 Å². The molecular weight excluding hydrogens is 304 g/mol. The van der Waals surface area contributed by atoms with E-state index in [9.17, 15) is 0 Å². The molecule has 2 aromatic heterocycles. The Morgan fingerprint density at radius 1 is 1.21 bits per heavy atom. The van der Waals surface area contributed by atoms with Gasteiger partial charge in [0.1, 0.15) is 0 Å². The SMILES string of the molecule is COCCNc1ncc2c(n1)[C@@H]1CN(c3ncc(C)cn3)C[C@@H]1C2. The molecule has 2 atom stereocenters. The van der Waals surface area contributed by atoms with Crippen molar-refractivity contribution in [1.29, 1.82) is 0 Å². The monoisotopic (exact) mass is 326 g/mol. The number of nitrogens with one attached hydrogen (secondary N) is 1. The minimum absolute atomic E-state index is 0.441. The first-order valence-electron chi connectivity index (χ1n) is 8.37. The van der Waals surface area contributed by atoms with Crippen molar-refractivity contribution in [3.63, 3.8) is 0 Å². The predicted molar refractivity (Wildman–Crippen MR) is 91.3 cm³/mol. The quantitative estimate of drug-likeness (QED) is 0.833. The van der Waals surface area contributed by atoms with E-state index in [4.69, 9.17) is 9.72 Å². The molecule has 7 nitrogen and oxygen atoms in total. The van der Waals surface area contributed by atoms with Crippen LogP contribution < -0.4 is 10.2 Å². The highest BCUT2D eigenvalue weighted by molar-refractivity contribution is 5.42. The maximum absolute atomic E-state index is 5.06. The molecule has 1 aliphatic carbocycles. The van der Waals surface area contributed by atoms with Crippen molar-refractivity contribution < 1.29 is 4.74 Å². The Morgan fingerprint density at radius 3 is 2.83 bits per heavy atom. The van der Waals surface area contributed by atoms with E-state index in [1.807, 2.05) is 25.5 Å². The van der Waals surface area contributed by atoms with Crippen molar-refractivity contribution in [1.82, 2.24) is 19.9 Å². The number of aromatic nitrogens is 4. The summed E-state index contributed by atoms with van der Waals surface area (Å²) in [5.41, 5.74) is 3.55. The summed E-state index contributed by atoms with van der Waals surface area (Å²) in [5.74, 6) is 2.53. The summed E-state index contributed by atoms with van der Waals surface area (Å²) >= 11 is 0. The molecule has 1 N–H and O–H groups in total. The molecule has 4 rings (SSSR count). The van der Waals surface area contributed by atoms with E-state index in [2.05, 4.69) is 25.2 Å². The topological polar surface area (TPSA) is 76.1 Å². The molecule has 7 heteroatoms. The molecule has 0 bridgehead atoms. The summed E-state index contributed by atoms with van der Waals surface area (Å²) in [6.45, 7) is 5.28. The largest absolute Gasteiger partial charge is 0.383 e. The standard InChI is InChI=1S/C17H22N6O/c1-11-6-20-17(21-7-11)23-9-13-5-12-8-19-16(18-3-4-24-2)22-15(12)14(13)10-23/h6-8,13-14H,3-5,9-10H2,1-2H3,(H,18,19,22)/t13-,14+/m0/s1. The van der Waals surface area contributed by atoms with Gasteiger partial charge in [0.2, 0.25) is 11.9 Å². The van der Waals surface area contributed by atoms with Crippen molar-refractivity contribution in [2.45, 2.75) is 19.3 Å². The number of hydrogen-bond donors (Lipinski definition) is 1. The molecule has 3 heterocycles. The van der Waals surface area contributed by atoms with Gasteiger partial charge in [-0.3, -0.25) is 0 Å². The Bertz CT molecular complexity index is 720. The third-order valence-electron chi connectivity index (χ3n) is 4.81. The number of hydrogen-bond acceptors (Lipinski definition) is 7. The van der Waals surface area contributed by atoms with E-state index in [-0.39, 0.29) is 0 Å². The van der Waals surface area contributed by atoms with Crippen LogP contribution in [0.2, 0.25) is 0 Å². The van der Waals surface area contributed by atoms with Crippen LogP contribution in [-0.2, 0) is 11.2 Å². The normalized spacial score (nSPS) is 21.7. The zero-order valence-corrected chi connectivity index (χ0v) is 14.1. The Morgan fingerprint density at radius 2 is 2.04 bits per heavy atom. The minimum Gasteiger partial charge on any atom is -0.383 e. The van der Waals surface area contributed by atoms with Crippen molar-refractivity contribution in [2.75, 3.05) is 43.6 Å². The average molecular weight is 326 g/mol. The van der Waals surface area contributed by atoms with E-state index < -0.39 is 0 Å². The minimum atomic E-state index is 0.441. The molecule has 0 radical (unpaired) electrons. The third kappa shape index (κ3) is 2.80. The van der Waals surface area contributed by atoms with Gasteiger partial charge >= 0.3 is 0 Å². The zero-order chi connectivity index (χ0) is 16.5. The molecular formula is C17H22N6O. The second-order valence-corrected chi connectivity index (χ2v) is 6.56. The van der Waals surface area contributed by atoms with Gasteiger partial charge in [-0.1, -0.05) is 0 Å². The molecule has 0 spiro atoms. The van der Waals surface area contributed by atoms with Crippen LogP contribution in [0.15, 0.2) is 18.6 Å². The number of aryl methyl sites for hydroxylation is 1.